The zero-order valence-corrected chi connectivity index (χ0v) is 13.5. The lowest BCUT2D eigenvalue weighted by molar-refractivity contribution is 0.165. The van der Waals surface area contributed by atoms with Crippen LogP contribution in [0.1, 0.15) is 31.9 Å². The average Bonchev–Trinajstić information content (AvgIpc) is 2.50. The molecule has 1 aromatic carbocycles. The highest BCUT2D eigenvalue weighted by molar-refractivity contribution is 5.89. The molecule has 0 aliphatic heterocycles. The molecule has 0 heterocycles. The molecule has 1 rings (SSSR count). The van der Waals surface area contributed by atoms with E-state index in [9.17, 15) is 4.79 Å². The molecule has 5 nitrogen and oxygen atoms in total. The normalized spacial score (nSPS) is 12.0. The fourth-order valence-electron chi connectivity index (χ4n) is 1.91. The Hall–Kier alpha value is -1.59. The molecule has 0 fully saturated rings. The summed E-state index contributed by atoms with van der Waals surface area (Å²) in [6.45, 7) is 6.35. The molecule has 0 aromatic heterocycles. The number of carbonyl (C=O) groups excluding carboxylic acids is 1. The highest BCUT2D eigenvalue weighted by atomic mass is 16.5. The molecular formula is C16H27N3O2. The first-order valence-electron chi connectivity index (χ1n) is 7.42. The number of hydrogen-bond donors (Lipinski definition) is 2. The Bertz CT molecular complexity index is 437. The maximum absolute atomic E-state index is 12.0. The van der Waals surface area contributed by atoms with Gasteiger partial charge in [0.2, 0.25) is 0 Å². The van der Waals surface area contributed by atoms with E-state index in [2.05, 4.69) is 30.5 Å². The maximum Gasteiger partial charge on any atom is 0.321 e. The number of hydrogen-bond acceptors (Lipinski definition) is 3. The van der Waals surface area contributed by atoms with E-state index in [1.807, 2.05) is 18.2 Å². The summed E-state index contributed by atoms with van der Waals surface area (Å²) in [5, 5.41) is 6.35. The summed E-state index contributed by atoms with van der Waals surface area (Å²) in [6.07, 6.45) is 1.10. The molecule has 0 bridgehead atoms. The van der Waals surface area contributed by atoms with Crippen LogP contribution >= 0.6 is 0 Å². The lowest BCUT2D eigenvalue weighted by Gasteiger charge is -2.19. The van der Waals surface area contributed by atoms with Crippen LogP contribution in [0.25, 0.3) is 0 Å². The minimum Gasteiger partial charge on any atom is -0.383 e. The molecule has 118 valence electrons. The van der Waals surface area contributed by atoms with E-state index in [0.29, 0.717) is 13.2 Å². The smallest absolute Gasteiger partial charge is 0.321 e. The summed E-state index contributed by atoms with van der Waals surface area (Å²) in [7, 11) is 3.38. The number of ether oxygens (including phenoxy) is 1. The summed E-state index contributed by atoms with van der Waals surface area (Å²) in [5.41, 5.74) is 1.98. The van der Waals surface area contributed by atoms with E-state index < -0.39 is 0 Å². The number of likely N-dealkylation sites (N-methyl/N-ethyl adjacent to an activating group) is 1. The Balaban J connectivity index is 2.61. The van der Waals surface area contributed by atoms with Crippen molar-refractivity contribution in [3.8, 4) is 0 Å². The van der Waals surface area contributed by atoms with E-state index in [1.165, 1.54) is 5.56 Å². The summed E-state index contributed by atoms with van der Waals surface area (Å²) in [6, 6.07) is 8.08. The predicted octanol–water partition coefficient (Wildman–Crippen LogP) is 2.86. The van der Waals surface area contributed by atoms with Crippen molar-refractivity contribution >= 4 is 11.7 Å². The lowest BCUT2D eigenvalue weighted by Crippen LogP contribution is -2.33. The first-order valence-corrected chi connectivity index (χ1v) is 7.42. The summed E-state index contributed by atoms with van der Waals surface area (Å²) < 4.78 is 4.97. The van der Waals surface area contributed by atoms with Crippen molar-refractivity contribution in [2.45, 2.75) is 26.3 Å². The van der Waals surface area contributed by atoms with Crippen LogP contribution in [0.3, 0.4) is 0 Å². The van der Waals surface area contributed by atoms with E-state index >= 15 is 0 Å². The zero-order chi connectivity index (χ0) is 15.7. The zero-order valence-electron chi connectivity index (χ0n) is 13.5. The summed E-state index contributed by atoms with van der Waals surface area (Å²) in [4.78, 5) is 13.6. The highest BCUT2D eigenvalue weighted by Gasteiger charge is 2.10. The van der Waals surface area contributed by atoms with Gasteiger partial charge in [-0.2, -0.15) is 0 Å². The first kappa shape index (κ1) is 17.5. The lowest BCUT2D eigenvalue weighted by atomic mass is 10.1. The van der Waals surface area contributed by atoms with Crippen LogP contribution < -0.4 is 10.6 Å². The maximum atomic E-state index is 12.0. The van der Waals surface area contributed by atoms with Crippen LogP contribution in [0.2, 0.25) is 0 Å². The molecule has 1 aromatic rings. The molecule has 0 aliphatic carbocycles. The molecule has 2 amide bonds. The Labute approximate surface area is 127 Å². The van der Waals surface area contributed by atoms with Crippen molar-refractivity contribution < 1.29 is 9.53 Å². The van der Waals surface area contributed by atoms with Crippen LogP contribution in [0.5, 0.6) is 0 Å². The molecule has 0 saturated heterocycles. The van der Waals surface area contributed by atoms with Crippen LogP contribution in [0.4, 0.5) is 10.5 Å². The number of benzene rings is 1. The van der Waals surface area contributed by atoms with E-state index in [0.717, 1.165) is 18.7 Å². The van der Waals surface area contributed by atoms with Gasteiger partial charge in [0.25, 0.3) is 0 Å². The number of methoxy groups -OCH3 is 1. The molecule has 1 unspecified atom stereocenters. The molecule has 5 heteroatoms. The van der Waals surface area contributed by atoms with Crippen LogP contribution in [-0.2, 0) is 4.74 Å². The van der Waals surface area contributed by atoms with Gasteiger partial charge >= 0.3 is 6.03 Å². The Morgan fingerprint density at radius 3 is 2.86 bits per heavy atom. The summed E-state index contributed by atoms with van der Waals surface area (Å²) in [5.74, 6) is 0. The van der Waals surface area contributed by atoms with Crippen molar-refractivity contribution in [1.82, 2.24) is 10.2 Å². The van der Waals surface area contributed by atoms with Crippen LogP contribution in [0, 0.1) is 0 Å². The first-order chi connectivity index (χ1) is 10.1. The predicted molar refractivity (Wildman–Crippen MR) is 86.7 cm³/mol. The van der Waals surface area contributed by atoms with E-state index in [-0.39, 0.29) is 12.1 Å². The third-order valence-electron chi connectivity index (χ3n) is 3.32. The third kappa shape index (κ3) is 6.14. The van der Waals surface area contributed by atoms with Gasteiger partial charge in [-0.05, 0) is 37.6 Å². The van der Waals surface area contributed by atoms with Gasteiger partial charge in [0, 0.05) is 32.4 Å². The minimum absolute atomic E-state index is 0.127. The second kappa shape index (κ2) is 9.37. The average molecular weight is 293 g/mol. The molecular weight excluding hydrogens is 266 g/mol. The van der Waals surface area contributed by atoms with E-state index in [4.69, 9.17) is 4.74 Å². The Morgan fingerprint density at radius 1 is 1.43 bits per heavy atom. The fraction of sp³-hybridized carbons (Fsp3) is 0.562. The number of nitrogens with zero attached hydrogens (tertiary/aromatic N) is 1. The minimum atomic E-state index is -0.127. The van der Waals surface area contributed by atoms with E-state index in [1.54, 1.807) is 19.1 Å². The second-order valence-electron chi connectivity index (χ2n) is 5.15. The van der Waals surface area contributed by atoms with Gasteiger partial charge in [0.15, 0.2) is 0 Å². The van der Waals surface area contributed by atoms with Crippen molar-refractivity contribution in [2.24, 2.45) is 0 Å². The van der Waals surface area contributed by atoms with Gasteiger partial charge in [0.05, 0.1) is 6.61 Å². The Kier molecular flexibility index (Phi) is 7.79. The third-order valence-corrected chi connectivity index (χ3v) is 3.32. The number of urea groups is 1. The van der Waals surface area contributed by atoms with Gasteiger partial charge in [-0.25, -0.2) is 4.79 Å². The molecule has 1 atom stereocenters. The molecule has 0 spiro atoms. The number of nitrogens with one attached hydrogen (secondary N) is 2. The van der Waals surface area contributed by atoms with Gasteiger partial charge in [-0.3, -0.25) is 0 Å². The van der Waals surface area contributed by atoms with Crippen molar-refractivity contribution in [3.05, 3.63) is 29.8 Å². The molecule has 0 saturated carbocycles. The molecule has 2 N–H and O–H groups in total. The van der Waals surface area contributed by atoms with Gasteiger partial charge in [-0.1, -0.05) is 19.1 Å². The quantitative estimate of drug-likeness (QED) is 0.775. The number of amides is 2. The van der Waals surface area contributed by atoms with Gasteiger partial charge < -0.3 is 20.3 Å². The van der Waals surface area contributed by atoms with Crippen molar-refractivity contribution in [2.75, 3.05) is 39.2 Å². The summed E-state index contributed by atoms with van der Waals surface area (Å²) >= 11 is 0. The molecule has 0 radical (unpaired) electrons. The second-order valence-corrected chi connectivity index (χ2v) is 5.15. The van der Waals surface area contributed by atoms with Crippen molar-refractivity contribution in [3.63, 3.8) is 0 Å². The van der Waals surface area contributed by atoms with Crippen molar-refractivity contribution in [1.29, 1.82) is 0 Å². The molecule has 21 heavy (non-hydrogen) atoms. The number of rotatable bonds is 8. The SMILES string of the molecule is CCCNC(C)c1cccc(NC(=O)N(C)CCOC)c1. The standard InChI is InChI=1S/C16H27N3O2/c1-5-9-17-13(2)14-7-6-8-15(12-14)18-16(20)19(3)10-11-21-4/h6-8,12-13,17H,5,9-11H2,1-4H3,(H,18,20). The highest BCUT2D eigenvalue weighted by Crippen LogP contribution is 2.17. The fourth-order valence-corrected chi connectivity index (χ4v) is 1.91. The largest absolute Gasteiger partial charge is 0.383 e. The van der Waals surface area contributed by atoms with Gasteiger partial charge in [-0.15, -0.1) is 0 Å². The van der Waals surface area contributed by atoms with Crippen LogP contribution in [0.15, 0.2) is 24.3 Å². The Morgan fingerprint density at radius 2 is 2.19 bits per heavy atom. The van der Waals surface area contributed by atoms with Crippen LogP contribution in [-0.4, -0.2) is 44.8 Å². The number of carbonyl (C=O) groups is 1. The van der Waals surface area contributed by atoms with Gasteiger partial charge in [0.1, 0.15) is 0 Å². The monoisotopic (exact) mass is 293 g/mol. The number of anilines is 1. The topological polar surface area (TPSA) is 53.6 Å². The molecule has 0 aliphatic rings.